The molecular weight excluding hydrogens is 516 g/mol. The first kappa shape index (κ1) is 24.6. The third kappa shape index (κ3) is 5.34. The summed E-state index contributed by atoms with van der Waals surface area (Å²) in [5.74, 6) is -0.784. The van der Waals surface area contributed by atoms with Gasteiger partial charge in [0.1, 0.15) is 5.82 Å². The number of halogens is 3. The summed E-state index contributed by atoms with van der Waals surface area (Å²) in [4.78, 5) is 15.7. The van der Waals surface area contributed by atoms with Gasteiger partial charge in [0.05, 0.1) is 27.9 Å². The van der Waals surface area contributed by atoms with Gasteiger partial charge < -0.3 is 5.11 Å². The molecule has 0 spiro atoms. The molecule has 5 rings (SSSR count). The first-order chi connectivity index (χ1) is 17.4. The maximum Gasteiger partial charge on any atom is 0.304 e. The first-order valence-electron chi connectivity index (χ1n) is 11.3. The molecule has 0 radical (unpaired) electrons. The normalized spacial score (nSPS) is 14.6. The number of benzene rings is 3. The van der Waals surface area contributed by atoms with Crippen LogP contribution in [-0.2, 0) is 4.79 Å². The zero-order valence-corrected chi connectivity index (χ0v) is 21.2. The molecule has 0 saturated carbocycles. The second-order valence-corrected chi connectivity index (χ2v) is 10.5. The molecule has 1 aliphatic carbocycles. The van der Waals surface area contributed by atoms with Crippen molar-refractivity contribution in [2.75, 3.05) is 5.75 Å². The van der Waals surface area contributed by atoms with Crippen LogP contribution in [-0.4, -0.2) is 21.8 Å². The molecular formula is C29H20Cl2FNO2S. The SMILES string of the molecule is O=C(O)CCSC1c2ccc(Cl)cc2C=Cc2ccc(C=Cc3ccc4cc(F)c(Cl)cc4n3)cc21. The summed E-state index contributed by atoms with van der Waals surface area (Å²) in [5.41, 5.74) is 6.66. The molecule has 1 aromatic heterocycles. The highest BCUT2D eigenvalue weighted by molar-refractivity contribution is 7.99. The first-order valence-corrected chi connectivity index (χ1v) is 13.1. The maximum absolute atomic E-state index is 13.7. The minimum atomic E-state index is -0.811. The Kier molecular flexibility index (Phi) is 7.15. The van der Waals surface area contributed by atoms with E-state index in [1.807, 2.05) is 48.6 Å². The van der Waals surface area contributed by atoms with Crippen molar-refractivity contribution in [2.24, 2.45) is 0 Å². The molecule has 0 aliphatic heterocycles. The van der Waals surface area contributed by atoms with Crippen molar-refractivity contribution in [3.8, 4) is 0 Å². The van der Waals surface area contributed by atoms with Gasteiger partial charge in [0, 0.05) is 16.2 Å². The molecule has 4 aromatic rings. The van der Waals surface area contributed by atoms with E-state index in [1.54, 1.807) is 11.8 Å². The predicted molar refractivity (Wildman–Crippen MR) is 149 cm³/mol. The standard InChI is InChI=1S/C29H20Cl2FNO2S/c30-21-7-10-23-19(14-21)5-4-18-3-1-17(13-24(18)29(23)36-12-11-28(34)35)2-8-22-9-6-20-15-26(32)25(31)16-27(20)33-22/h1-10,13-16,29H,11-12H2,(H,34,35). The predicted octanol–water partition coefficient (Wildman–Crippen LogP) is 8.63. The van der Waals surface area contributed by atoms with E-state index in [1.165, 1.54) is 12.1 Å². The number of aliphatic carboxylic acids is 1. The van der Waals surface area contributed by atoms with Crippen molar-refractivity contribution < 1.29 is 14.3 Å². The fourth-order valence-electron chi connectivity index (χ4n) is 4.20. The van der Waals surface area contributed by atoms with E-state index in [9.17, 15) is 9.18 Å². The Morgan fingerprint density at radius 1 is 0.972 bits per heavy atom. The Hall–Kier alpha value is -3.12. The highest BCUT2D eigenvalue weighted by atomic mass is 35.5. The van der Waals surface area contributed by atoms with Crippen LogP contribution in [0, 0.1) is 5.82 Å². The minimum Gasteiger partial charge on any atom is -0.481 e. The van der Waals surface area contributed by atoms with Crippen LogP contribution >= 0.6 is 35.0 Å². The molecule has 180 valence electrons. The van der Waals surface area contributed by atoms with Crippen LogP contribution < -0.4 is 0 Å². The van der Waals surface area contributed by atoms with E-state index in [0.29, 0.717) is 21.7 Å². The van der Waals surface area contributed by atoms with Crippen LogP contribution in [0.4, 0.5) is 4.39 Å². The Bertz CT molecular complexity index is 1550. The smallest absolute Gasteiger partial charge is 0.304 e. The van der Waals surface area contributed by atoms with Gasteiger partial charge in [-0.15, -0.1) is 11.8 Å². The number of thioether (sulfide) groups is 1. The molecule has 0 fully saturated rings. The van der Waals surface area contributed by atoms with Crippen LogP contribution in [0.3, 0.4) is 0 Å². The fourth-order valence-corrected chi connectivity index (χ4v) is 5.85. The molecule has 1 unspecified atom stereocenters. The topological polar surface area (TPSA) is 50.2 Å². The van der Waals surface area contributed by atoms with Crippen molar-refractivity contribution in [1.82, 2.24) is 4.98 Å². The summed E-state index contributed by atoms with van der Waals surface area (Å²) in [6.07, 6.45) is 8.11. The number of hydrogen-bond acceptors (Lipinski definition) is 3. The summed E-state index contributed by atoms with van der Waals surface area (Å²) in [5, 5.41) is 10.5. The van der Waals surface area contributed by atoms with Crippen molar-refractivity contribution in [3.05, 3.63) is 110 Å². The second kappa shape index (κ2) is 10.5. The van der Waals surface area contributed by atoms with Crippen LogP contribution in [0.1, 0.15) is 45.2 Å². The van der Waals surface area contributed by atoms with Gasteiger partial charge in [-0.05, 0) is 70.3 Å². The van der Waals surface area contributed by atoms with Gasteiger partial charge in [-0.3, -0.25) is 4.79 Å². The number of rotatable bonds is 6. The Morgan fingerprint density at radius 2 is 1.81 bits per heavy atom. The number of pyridine rings is 1. The van der Waals surface area contributed by atoms with Crippen molar-refractivity contribution in [2.45, 2.75) is 11.7 Å². The number of fused-ring (bicyclic) bond motifs is 3. The highest BCUT2D eigenvalue weighted by Crippen LogP contribution is 2.43. The van der Waals surface area contributed by atoms with E-state index >= 15 is 0 Å². The lowest BCUT2D eigenvalue weighted by molar-refractivity contribution is -0.136. The maximum atomic E-state index is 13.7. The summed E-state index contributed by atoms with van der Waals surface area (Å²) in [6.45, 7) is 0. The second-order valence-electron chi connectivity index (χ2n) is 8.42. The summed E-state index contributed by atoms with van der Waals surface area (Å²) in [6, 6.07) is 18.6. The van der Waals surface area contributed by atoms with E-state index in [4.69, 9.17) is 28.3 Å². The molecule has 36 heavy (non-hydrogen) atoms. The molecule has 3 aromatic carbocycles. The number of aromatic nitrogens is 1. The van der Waals surface area contributed by atoms with E-state index < -0.39 is 11.8 Å². The lowest BCUT2D eigenvalue weighted by Crippen LogP contribution is -2.04. The third-order valence-electron chi connectivity index (χ3n) is 5.97. The highest BCUT2D eigenvalue weighted by Gasteiger charge is 2.23. The molecule has 7 heteroatoms. The average molecular weight is 536 g/mol. The summed E-state index contributed by atoms with van der Waals surface area (Å²) < 4.78 is 13.7. The molecule has 1 atom stereocenters. The largest absolute Gasteiger partial charge is 0.481 e. The number of hydrogen-bond donors (Lipinski definition) is 1. The van der Waals surface area contributed by atoms with E-state index in [2.05, 4.69) is 29.3 Å². The average Bonchev–Trinajstić information content (AvgIpc) is 2.99. The zero-order valence-electron chi connectivity index (χ0n) is 18.9. The van der Waals surface area contributed by atoms with Crippen molar-refractivity contribution in [1.29, 1.82) is 0 Å². The monoisotopic (exact) mass is 535 g/mol. The number of carbonyl (C=O) groups is 1. The van der Waals surface area contributed by atoms with Gasteiger partial charge >= 0.3 is 5.97 Å². The van der Waals surface area contributed by atoms with Crippen LogP contribution in [0.5, 0.6) is 0 Å². The Balaban J connectivity index is 1.49. The van der Waals surface area contributed by atoms with Crippen molar-refractivity contribution >= 4 is 76.1 Å². The molecule has 0 bridgehead atoms. The molecule has 1 heterocycles. The molecule has 1 N–H and O–H groups in total. The van der Waals surface area contributed by atoms with Gasteiger partial charge in [0.15, 0.2) is 0 Å². The quantitative estimate of drug-likeness (QED) is 0.268. The zero-order chi connectivity index (χ0) is 25.2. The summed E-state index contributed by atoms with van der Waals surface area (Å²) in [7, 11) is 0. The molecule has 0 amide bonds. The van der Waals surface area contributed by atoms with Gasteiger partial charge in [0.25, 0.3) is 0 Å². The number of nitrogens with zero attached hydrogens (tertiary/aromatic N) is 1. The minimum absolute atomic E-state index is 0.0363. The van der Waals surface area contributed by atoms with E-state index in [0.717, 1.165) is 33.5 Å². The van der Waals surface area contributed by atoms with Gasteiger partial charge in [-0.2, -0.15) is 0 Å². The molecule has 1 aliphatic rings. The van der Waals surface area contributed by atoms with Gasteiger partial charge in [-0.25, -0.2) is 9.37 Å². The lowest BCUT2D eigenvalue weighted by atomic mass is 9.97. The van der Waals surface area contributed by atoms with Gasteiger partial charge in [0.2, 0.25) is 0 Å². The Morgan fingerprint density at radius 3 is 2.64 bits per heavy atom. The fraction of sp³-hybridized carbons (Fsp3) is 0.103. The number of carboxylic acid groups (broad SMARTS) is 1. The number of carboxylic acids is 1. The van der Waals surface area contributed by atoms with Crippen molar-refractivity contribution in [3.63, 3.8) is 0 Å². The van der Waals surface area contributed by atoms with Crippen LogP contribution in [0.25, 0.3) is 35.2 Å². The van der Waals surface area contributed by atoms with Gasteiger partial charge in [-0.1, -0.05) is 65.7 Å². The van der Waals surface area contributed by atoms with Crippen LogP contribution in [0.2, 0.25) is 10.0 Å². The van der Waals surface area contributed by atoms with E-state index in [-0.39, 0.29) is 16.7 Å². The molecule has 0 saturated heterocycles. The summed E-state index contributed by atoms with van der Waals surface area (Å²) >= 11 is 13.8. The lowest BCUT2D eigenvalue weighted by Gasteiger charge is -2.20. The van der Waals surface area contributed by atoms with Crippen LogP contribution in [0.15, 0.2) is 60.7 Å². The third-order valence-corrected chi connectivity index (χ3v) is 7.77. The Labute approximate surface area is 222 Å². The molecule has 3 nitrogen and oxygen atoms in total.